The molecule has 0 aliphatic carbocycles. The van der Waals surface area contributed by atoms with Crippen LogP contribution in [-0.4, -0.2) is 12.5 Å². The number of anilines is 1. The smallest absolute Gasteiger partial charge is 0.229 e. The molecule has 0 atom stereocenters. The Bertz CT molecular complexity index is 401. The highest BCUT2D eigenvalue weighted by Crippen LogP contribution is 2.31. The monoisotopic (exact) mass is 223 g/mol. The lowest BCUT2D eigenvalue weighted by Gasteiger charge is -2.19. The van der Waals surface area contributed by atoms with Crippen molar-refractivity contribution < 1.29 is 4.79 Å². The van der Waals surface area contributed by atoms with Gasteiger partial charge in [0.2, 0.25) is 5.91 Å². The highest BCUT2D eigenvalue weighted by Gasteiger charge is 2.26. The summed E-state index contributed by atoms with van der Waals surface area (Å²) >= 11 is 5.93. The number of halogens is 1. The molecule has 0 fully saturated rings. The van der Waals surface area contributed by atoms with Crippen molar-refractivity contribution in [2.45, 2.75) is 20.3 Å². The van der Waals surface area contributed by atoms with Gasteiger partial charge in [-0.15, -0.1) is 0 Å². The van der Waals surface area contributed by atoms with E-state index in [4.69, 9.17) is 11.6 Å². The largest absolute Gasteiger partial charge is 0.312 e. The highest BCUT2D eigenvalue weighted by molar-refractivity contribution is 6.31. The molecule has 1 aliphatic heterocycles. The standard InChI is InChI=1S/C12H14ClNO/c1-8(2)12(15)14-6-5-9-3-4-10(13)7-11(9)14/h3-4,7-8H,5-6H2,1-2H3. The minimum Gasteiger partial charge on any atom is -0.312 e. The molecule has 2 nitrogen and oxygen atoms in total. The van der Waals surface area contributed by atoms with Crippen LogP contribution in [0, 0.1) is 5.92 Å². The Morgan fingerprint density at radius 3 is 2.87 bits per heavy atom. The van der Waals surface area contributed by atoms with E-state index in [9.17, 15) is 4.79 Å². The second-order valence-electron chi connectivity index (χ2n) is 4.17. The molecule has 1 aliphatic rings. The lowest BCUT2D eigenvalue weighted by atomic mass is 10.1. The van der Waals surface area contributed by atoms with Crippen molar-refractivity contribution in [2.75, 3.05) is 11.4 Å². The van der Waals surface area contributed by atoms with Gasteiger partial charge in [-0.2, -0.15) is 0 Å². The number of fused-ring (bicyclic) bond motifs is 1. The molecule has 2 rings (SSSR count). The topological polar surface area (TPSA) is 20.3 Å². The van der Waals surface area contributed by atoms with Gasteiger partial charge in [-0.3, -0.25) is 4.79 Å². The van der Waals surface area contributed by atoms with E-state index in [1.807, 2.05) is 36.9 Å². The average molecular weight is 224 g/mol. The summed E-state index contributed by atoms with van der Waals surface area (Å²) in [6, 6.07) is 5.76. The van der Waals surface area contributed by atoms with Crippen molar-refractivity contribution in [2.24, 2.45) is 5.92 Å². The van der Waals surface area contributed by atoms with E-state index >= 15 is 0 Å². The van der Waals surface area contributed by atoms with Crippen molar-refractivity contribution in [1.82, 2.24) is 0 Å². The number of carbonyl (C=O) groups is 1. The molecule has 0 saturated heterocycles. The molecule has 3 heteroatoms. The first-order valence-electron chi connectivity index (χ1n) is 5.19. The van der Waals surface area contributed by atoms with E-state index in [0.717, 1.165) is 18.7 Å². The van der Waals surface area contributed by atoms with Gasteiger partial charge in [0.25, 0.3) is 0 Å². The molecule has 0 radical (unpaired) electrons. The Hall–Kier alpha value is -1.02. The maximum atomic E-state index is 11.9. The van der Waals surface area contributed by atoms with Crippen LogP contribution in [0.15, 0.2) is 18.2 Å². The van der Waals surface area contributed by atoms with Crippen LogP contribution < -0.4 is 4.90 Å². The van der Waals surface area contributed by atoms with Gasteiger partial charge in [-0.1, -0.05) is 31.5 Å². The van der Waals surface area contributed by atoms with Gasteiger partial charge in [0.15, 0.2) is 0 Å². The van der Waals surface area contributed by atoms with Gasteiger partial charge in [0.1, 0.15) is 0 Å². The van der Waals surface area contributed by atoms with E-state index in [1.54, 1.807) is 0 Å². The third kappa shape index (κ3) is 1.86. The number of amides is 1. The van der Waals surface area contributed by atoms with E-state index in [1.165, 1.54) is 5.56 Å². The normalized spacial score (nSPS) is 14.5. The Morgan fingerprint density at radius 2 is 2.20 bits per heavy atom. The molecule has 80 valence electrons. The fraction of sp³-hybridized carbons (Fsp3) is 0.417. The van der Waals surface area contributed by atoms with E-state index in [0.29, 0.717) is 5.02 Å². The van der Waals surface area contributed by atoms with Crippen LogP contribution in [0.2, 0.25) is 5.02 Å². The highest BCUT2D eigenvalue weighted by atomic mass is 35.5. The second-order valence-corrected chi connectivity index (χ2v) is 4.60. The zero-order valence-electron chi connectivity index (χ0n) is 8.96. The average Bonchev–Trinajstić information content (AvgIpc) is 2.59. The second kappa shape index (κ2) is 3.86. The van der Waals surface area contributed by atoms with Crippen LogP contribution in [-0.2, 0) is 11.2 Å². The van der Waals surface area contributed by atoms with Crippen LogP contribution in [0.4, 0.5) is 5.69 Å². The summed E-state index contributed by atoms with van der Waals surface area (Å²) in [5.41, 5.74) is 2.20. The first kappa shape index (κ1) is 10.5. The summed E-state index contributed by atoms with van der Waals surface area (Å²) in [5.74, 6) is 0.214. The molecule has 1 aromatic rings. The summed E-state index contributed by atoms with van der Waals surface area (Å²) in [6.07, 6.45) is 0.935. The maximum Gasteiger partial charge on any atom is 0.229 e. The van der Waals surface area contributed by atoms with Crippen LogP contribution in [0.5, 0.6) is 0 Å². The molecule has 0 bridgehead atoms. The Kier molecular flexibility index (Phi) is 2.70. The number of benzene rings is 1. The van der Waals surface area contributed by atoms with Gasteiger partial charge < -0.3 is 4.90 Å². The lowest BCUT2D eigenvalue weighted by molar-refractivity contribution is -0.121. The van der Waals surface area contributed by atoms with Gasteiger partial charge in [0.05, 0.1) is 0 Å². The van der Waals surface area contributed by atoms with Gasteiger partial charge in [-0.05, 0) is 24.1 Å². The summed E-state index contributed by atoms with van der Waals surface area (Å²) in [5, 5.41) is 0.692. The maximum absolute atomic E-state index is 11.9. The van der Waals surface area contributed by atoms with E-state index < -0.39 is 0 Å². The first-order chi connectivity index (χ1) is 7.09. The van der Waals surface area contributed by atoms with E-state index in [2.05, 4.69) is 0 Å². The van der Waals surface area contributed by atoms with Crippen molar-refractivity contribution >= 4 is 23.2 Å². The van der Waals surface area contributed by atoms with Gasteiger partial charge in [0, 0.05) is 23.2 Å². The Morgan fingerprint density at radius 1 is 1.47 bits per heavy atom. The summed E-state index contributed by atoms with van der Waals surface area (Å²) in [6.45, 7) is 4.63. The Labute approximate surface area is 94.8 Å². The van der Waals surface area contributed by atoms with Crippen molar-refractivity contribution in [3.05, 3.63) is 28.8 Å². The van der Waals surface area contributed by atoms with Crippen LogP contribution in [0.3, 0.4) is 0 Å². The fourth-order valence-corrected chi connectivity index (χ4v) is 2.06. The van der Waals surface area contributed by atoms with Crippen molar-refractivity contribution in [1.29, 1.82) is 0 Å². The third-order valence-electron chi connectivity index (χ3n) is 2.70. The van der Waals surface area contributed by atoms with Crippen molar-refractivity contribution in [3.63, 3.8) is 0 Å². The fourth-order valence-electron chi connectivity index (χ4n) is 1.89. The first-order valence-corrected chi connectivity index (χ1v) is 5.57. The SMILES string of the molecule is CC(C)C(=O)N1CCc2ccc(Cl)cc21. The van der Waals surface area contributed by atoms with Crippen LogP contribution in [0.1, 0.15) is 19.4 Å². The summed E-state index contributed by atoms with van der Waals surface area (Å²) < 4.78 is 0. The van der Waals surface area contributed by atoms with Crippen LogP contribution in [0.25, 0.3) is 0 Å². The minimum atomic E-state index is 0.0370. The number of rotatable bonds is 1. The number of hydrogen-bond donors (Lipinski definition) is 0. The molecule has 0 N–H and O–H groups in total. The third-order valence-corrected chi connectivity index (χ3v) is 2.94. The van der Waals surface area contributed by atoms with Gasteiger partial charge in [-0.25, -0.2) is 0 Å². The molecule has 1 heterocycles. The summed E-state index contributed by atoms with van der Waals surface area (Å²) in [7, 11) is 0. The predicted molar refractivity (Wildman–Crippen MR) is 62.3 cm³/mol. The molecule has 0 spiro atoms. The number of nitrogens with zero attached hydrogens (tertiary/aromatic N) is 1. The zero-order valence-corrected chi connectivity index (χ0v) is 9.71. The van der Waals surface area contributed by atoms with E-state index in [-0.39, 0.29) is 11.8 Å². The minimum absolute atomic E-state index is 0.0370. The quantitative estimate of drug-likeness (QED) is 0.717. The van der Waals surface area contributed by atoms with Crippen LogP contribution >= 0.6 is 11.6 Å². The molecule has 15 heavy (non-hydrogen) atoms. The molecule has 0 saturated carbocycles. The molecular weight excluding hydrogens is 210 g/mol. The number of carbonyl (C=O) groups excluding carboxylic acids is 1. The molecular formula is C12H14ClNO. The zero-order chi connectivity index (χ0) is 11.0. The van der Waals surface area contributed by atoms with Gasteiger partial charge >= 0.3 is 0 Å². The van der Waals surface area contributed by atoms with Crippen molar-refractivity contribution in [3.8, 4) is 0 Å². The molecule has 0 unspecified atom stereocenters. The molecule has 1 aromatic carbocycles. The lowest BCUT2D eigenvalue weighted by Crippen LogP contribution is -2.32. The molecule has 1 amide bonds. The molecule has 0 aromatic heterocycles. The predicted octanol–water partition coefficient (Wildman–Crippen LogP) is 2.89. The Balaban J connectivity index is 2.35. The number of hydrogen-bond acceptors (Lipinski definition) is 1. The summed E-state index contributed by atoms with van der Waals surface area (Å²) in [4.78, 5) is 13.7.